The van der Waals surface area contributed by atoms with Crippen molar-refractivity contribution in [3.63, 3.8) is 0 Å². The Morgan fingerprint density at radius 2 is 2.33 bits per heavy atom. The third-order valence-corrected chi connectivity index (χ3v) is 2.65. The zero-order valence-electron chi connectivity index (χ0n) is 10.3. The van der Waals surface area contributed by atoms with Crippen LogP contribution in [0.3, 0.4) is 0 Å². The van der Waals surface area contributed by atoms with Gasteiger partial charge < -0.3 is 20.5 Å². The fraction of sp³-hybridized carbons (Fsp3) is 0.545. The molecule has 0 atom stereocenters. The molecule has 0 bridgehead atoms. The minimum atomic E-state index is -0.329. The SMILES string of the molecule is CCNC(=O)CNC(=O)c1cn2c(n1)NCCC2. The van der Waals surface area contributed by atoms with Gasteiger partial charge >= 0.3 is 0 Å². The fourth-order valence-electron chi connectivity index (χ4n) is 1.80. The van der Waals surface area contributed by atoms with Gasteiger partial charge in [0.15, 0.2) is 0 Å². The number of aryl methyl sites for hydroxylation is 1. The summed E-state index contributed by atoms with van der Waals surface area (Å²) >= 11 is 0. The van der Waals surface area contributed by atoms with Crippen molar-refractivity contribution >= 4 is 17.8 Å². The van der Waals surface area contributed by atoms with Gasteiger partial charge in [-0.3, -0.25) is 9.59 Å². The Labute approximate surface area is 105 Å². The second-order valence-corrected chi connectivity index (χ2v) is 4.06. The van der Waals surface area contributed by atoms with Gasteiger partial charge in [0.1, 0.15) is 5.69 Å². The van der Waals surface area contributed by atoms with Crippen LogP contribution in [-0.2, 0) is 11.3 Å². The highest BCUT2D eigenvalue weighted by atomic mass is 16.2. The van der Waals surface area contributed by atoms with Crippen molar-refractivity contribution in [1.82, 2.24) is 20.2 Å². The summed E-state index contributed by atoms with van der Waals surface area (Å²) in [7, 11) is 0. The average molecular weight is 251 g/mol. The van der Waals surface area contributed by atoms with Gasteiger partial charge in [0.05, 0.1) is 6.54 Å². The number of aromatic nitrogens is 2. The van der Waals surface area contributed by atoms with Crippen molar-refractivity contribution < 1.29 is 9.59 Å². The number of rotatable bonds is 4. The fourth-order valence-corrected chi connectivity index (χ4v) is 1.80. The lowest BCUT2D eigenvalue weighted by Gasteiger charge is -2.14. The molecule has 2 amide bonds. The molecule has 98 valence electrons. The first-order valence-corrected chi connectivity index (χ1v) is 6.06. The number of amides is 2. The van der Waals surface area contributed by atoms with Crippen LogP contribution in [0, 0.1) is 0 Å². The maximum absolute atomic E-state index is 11.8. The van der Waals surface area contributed by atoms with E-state index in [0.717, 1.165) is 19.5 Å². The molecule has 1 aromatic heterocycles. The number of carbonyl (C=O) groups is 2. The molecule has 0 aromatic carbocycles. The molecule has 3 N–H and O–H groups in total. The highest BCUT2D eigenvalue weighted by Crippen LogP contribution is 2.13. The molecule has 0 saturated carbocycles. The van der Waals surface area contributed by atoms with Crippen molar-refractivity contribution in [2.24, 2.45) is 0 Å². The highest BCUT2D eigenvalue weighted by molar-refractivity contribution is 5.95. The van der Waals surface area contributed by atoms with E-state index in [4.69, 9.17) is 0 Å². The number of anilines is 1. The molecule has 0 fully saturated rings. The van der Waals surface area contributed by atoms with Crippen molar-refractivity contribution in [1.29, 1.82) is 0 Å². The molecule has 0 spiro atoms. The summed E-state index contributed by atoms with van der Waals surface area (Å²) in [5, 5.41) is 8.26. The van der Waals surface area contributed by atoms with Gasteiger partial charge in [-0.15, -0.1) is 0 Å². The molecule has 18 heavy (non-hydrogen) atoms. The zero-order chi connectivity index (χ0) is 13.0. The average Bonchev–Trinajstić information content (AvgIpc) is 2.80. The Morgan fingerprint density at radius 3 is 3.06 bits per heavy atom. The van der Waals surface area contributed by atoms with E-state index < -0.39 is 0 Å². The molecule has 2 heterocycles. The Kier molecular flexibility index (Phi) is 3.81. The highest BCUT2D eigenvalue weighted by Gasteiger charge is 2.16. The van der Waals surface area contributed by atoms with E-state index in [1.165, 1.54) is 0 Å². The van der Waals surface area contributed by atoms with E-state index in [0.29, 0.717) is 18.2 Å². The molecule has 0 radical (unpaired) electrons. The number of nitrogens with one attached hydrogen (secondary N) is 3. The van der Waals surface area contributed by atoms with Gasteiger partial charge in [-0.25, -0.2) is 4.98 Å². The van der Waals surface area contributed by atoms with E-state index >= 15 is 0 Å². The molecular weight excluding hydrogens is 234 g/mol. The molecule has 0 unspecified atom stereocenters. The molecular formula is C11H17N5O2. The molecule has 1 aliphatic heterocycles. The number of carbonyl (C=O) groups excluding carboxylic acids is 2. The number of imidazole rings is 1. The molecule has 1 aliphatic rings. The number of hydrogen-bond acceptors (Lipinski definition) is 4. The number of likely N-dealkylation sites (N-methyl/N-ethyl adjacent to an activating group) is 1. The smallest absolute Gasteiger partial charge is 0.271 e. The summed E-state index contributed by atoms with van der Waals surface area (Å²) in [5.74, 6) is 0.183. The van der Waals surface area contributed by atoms with Crippen LogP contribution in [-0.4, -0.2) is 41.0 Å². The summed E-state index contributed by atoms with van der Waals surface area (Å²) in [5.41, 5.74) is 0.337. The predicted molar refractivity (Wildman–Crippen MR) is 66.4 cm³/mol. The molecule has 0 saturated heterocycles. The molecule has 7 nitrogen and oxygen atoms in total. The maximum Gasteiger partial charge on any atom is 0.271 e. The Hall–Kier alpha value is -2.05. The van der Waals surface area contributed by atoms with Gasteiger partial charge in [0, 0.05) is 25.8 Å². The Balaban J connectivity index is 1.92. The number of fused-ring (bicyclic) bond motifs is 1. The van der Waals surface area contributed by atoms with E-state index in [9.17, 15) is 9.59 Å². The third kappa shape index (κ3) is 2.79. The quantitative estimate of drug-likeness (QED) is 0.677. The predicted octanol–water partition coefficient (Wildman–Crippen LogP) is -0.435. The molecule has 7 heteroatoms. The van der Waals surface area contributed by atoms with Gasteiger partial charge in [-0.1, -0.05) is 0 Å². The van der Waals surface area contributed by atoms with Gasteiger partial charge in [-0.2, -0.15) is 0 Å². The van der Waals surface area contributed by atoms with Crippen LogP contribution in [0.5, 0.6) is 0 Å². The van der Waals surface area contributed by atoms with Crippen molar-refractivity contribution in [2.75, 3.05) is 25.0 Å². The van der Waals surface area contributed by atoms with Gasteiger partial charge in [0.25, 0.3) is 5.91 Å². The van der Waals surface area contributed by atoms with Crippen LogP contribution in [0.1, 0.15) is 23.8 Å². The number of nitrogens with zero attached hydrogens (tertiary/aromatic N) is 2. The molecule has 2 rings (SSSR count). The summed E-state index contributed by atoms with van der Waals surface area (Å²) in [4.78, 5) is 27.2. The topological polar surface area (TPSA) is 88.1 Å². The van der Waals surface area contributed by atoms with Crippen molar-refractivity contribution in [3.8, 4) is 0 Å². The van der Waals surface area contributed by atoms with Gasteiger partial charge in [-0.05, 0) is 13.3 Å². The lowest BCUT2D eigenvalue weighted by Crippen LogP contribution is -2.36. The third-order valence-electron chi connectivity index (χ3n) is 2.65. The second kappa shape index (κ2) is 5.52. The van der Waals surface area contributed by atoms with Gasteiger partial charge in [0.2, 0.25) is 11.9 Å². The summed E-state index contributed by atoms with van der Waals surface area (Å²) < 4.78 is 1.91. The maximum atomic E-state index is 11.8. The first-order chi connectivity index (χ1) is 8.70. The van der Waals surface area contributed by atoms with Crippen LogP contribution in [0.2, 0.25) is 0 Å². The minimum Gasteiger partial charge on any atom is -0.356 e. The number of hydrogen-bond donors (Lipinski definition) is 3. The summed E-state index contributed by atoms with van der Waals surface area (Å²) in [6.45, 7) is 4.09. The second-order valence-electron chi connectivity index (χ2n) is 4.06. The summed E-state index contributed by atoms with van der Waals surface area (Å²) in [6.07, 6.45) is 2.72. The van der Waals surface area contributed by atoms with Crippen molar-refractivity contribution in [3.05, 3.63) is 11.9 Å². The van der Waals surface area contributed by atoms with E-state index in [-0.39, 0.29) is 18.4 Å². The standard InChI is InChI=1S/C11H17N5O2/c1-2-12-9(17)6-14-10(18)8-7-16-5-3-4-13-11(16)15-8/h7H,2-6H2,1H3,(H,12,17)(H,13,15)(H,14,18). The summed E-state index contributed by atoms with van der Waals surface area (Å²) in [6, 6.07) is 0. The minimum absolute atomic E-state index is 0.0255. The largest absolute Gasteiger partial charge is 0.356 e. The van der Waals surface area contributed by atoms with Crippen LogP contribution in [0.4, 0.5) is 5.95 Å². The lowest BCUT2D eigenvalue weighted by atomic mass is 10.4. The van der Waals surface area contributed by atoms with Crippen LogP contribution < -0.4 is 16.0 Å². The van der Waals surface area contributed by atoms with E-state index in [1.807, 2.05) is 11.5 Å². The lowest BCUT2D eigenvalue weighted by molar-refractivity contribution is -0.120. The first kappa shape index (κ1) is 12.4. The van der Waals surface area contributed by atoms with E-state index in [1.54, 1.807) is 6.20 Å². The first-order valence-electron chi connectivity index (χ1n) is 6.06. The van der Waals surface area contributed by atoms with Crippen LogP contribution in [0.25, 0.3) is 0 Å². The van der Waals surface area contributed by atoms with Crippen molar-refractivity contribution in [2.45, 2.75) is 19.9 Å². The molecule has 0 aliphatic carbocycles. The zero-order valence-corrected chi connectivity index (χ0v) is 10.3. The normalized spacial score (nSPS) is 13.4. The van der Waals surface area contributed by atoms with Crippen LogP contribution in [0.15, 0.2) is 6.20 Å². The van der Waals surface area contributed by atoms with Crippen LogP contribution >= 0.6 is 0 Å². The Morgan fingerprint density at radius 1 is 1.50 bits per heavy atom. The monoisotopic (exact) mass is 251 g/mol. The van der Waals surface area contributed by atoms with E-state index in [2.05, 4.69) is 20.9 Å². The Bertz CT molecular complexity index is 431. The molecule has 1 aromatic rings.